The third-order valence-electron chi connectivity index (χ3n) is 3.54. The van der Waals surface area contributed by atoms with Gasteiger partial charge in [-0.25, -0.2) is 0 Å². The number of unbranched alkanes of at least 4 members (excludes halogenated alkanes) is 3. The van der Waals surface area contributed by atoms with Crippen molar-refractivity contribution in [1.82, 2.24) is 0 Å². The van der Waals surface area contributed by atoms with Crippen LogP contribution < -0.4 is 7.16 Å². The SMILES string of the molecule is OCCCCCC[O][SnH]([c]1ccccc1)[c]1ccccc1. The third kappa shape index (κ3) is 5.81. The summed E-state index contributed by atoms with van der Waals surface area (Å²) in [5.74, 6) is 0. The summed E-state index contributed by atoms with van der Waals surface area (Å²) >= 11 is -2.36. The molecule has 1 N–H and O–H groups in total. The summed E-state index contributed by atoms with van der Waals surface area (Å²) in [6, 6.07) is 21.4. The number of hydrogen-bond acceptors (Lipinski definition) is 2. The van der Waals surface area contributed by atoms with Gasteiger partial charge in [0.25, 0.3) is 0 Å². The summed E-state index contributed by atoms with van der Waals surface area (Å²) in [5, 5.41) is 8.79. The third-order valence-corrected chi connectivity index (χ3v) is 10.8. The van der Waals surface area contributed by atoms with Gasteiger partial charge >= 0.3 is 135 Å². The predicted octanol–water partition coefficient (Wildman–Crippen LogP) is 2.09. The van der Waals surface area contributed by atoms with Gasteiger partial charge in [0.15, 0.2) is 0 Å². The van der Waals surface area contributed by atoms with Gasteiger partial charge in [0, 0.05) is 0 Å². The van der Waals surface area contributed by atoms with Gasteiger partial charge < -0.3 is 0 Å². The second-order valence-corrected chi connectivity index (χ2v) is 12.1. The molecule has 112 valence electrons. The Balaban J connectivity index is 1.94. The molecule has 2 nitrogen and oxygen atoms in total. The first-order chi connectivity index (χ1) is 10.4. The van der Waals surface area contributed by atoms with Crippen LogP contribution in [0.1, 0.15) is 25.7 Å². The van der Waals surface area contributed by atoms with Crippen molar-refractivity contribution in [2.45, 2.75) is 25.7 Å². The van der Waals surface area contributed by atoms with Crippen molar-refractivity contribution in [1.29, 1.82) is 0 Å². The van der Waals surface area contributed by atoms with Crippen LogP contribution in [-0.2, 0) is 3.07 Å². The van der Waals surface area contributed by atoms with E-state index in [4.69, 9.17) is 8.18 Å². The van der Waals surface area contributed by atoms with Crippen molar-refractivity contribution in [3.8, 4) is 0 Å². The van der Waals surface area contributed by atoms with Crippen molar-refractivity contribution in [2.75, 3.05) is 13.2 Å². The second-order valence-electron chi connectivity index (χ2n) is 5.21. The Hall–Kier alpha value is -0.841. The molecule has 2 aromatic rings. The Morgan fingerprint density at radius 3 is 1.76 bits per heavy atom. The minimum atomic E-state index is -2.36. The molecule has 0 radical (unpaired) electrons. The summed E-state index contributed by atoms with van der Waals surface area (Å²) in [7, 11) is 0. The van der Waals surface area contributed by atoms with Crippen molar-refractivity contribution in [2.24, 2.45) is 0 Å². The summed E-state index contributed by atoms with van der Waals surface area (Å²) in [4.78, 5) is 0. The molecule has 0 aromatic heterocycles. The molecule has 2 aromatic carbocycles. The fourth-order valence-electron chi connectivity index (χ4n) is 2.41. The van der Waals surface area contributed by atoms with Crippen LogP contribution in [-0.4, -0.2) is 38.5 Å². The number of hydrogen-bond donors (Lipinski definition) is 1. The van der Waals surface area contributed by atoms with Crippen LogP contribution in [0.25, 0.3) is 0 Å². The monoisotopic (exact) mass is 392 g/mol. The van der Waals surface area contributed by atoms with E-state index in [0.29, 0.717) is 6.61 Å². The van der Waals surface area contributed by atoms with Crippen LogP contribution in [0.4, 0.5) is 0 Å². The van der Waals surface area contributed by atoms with Crippen molar-refractivity contribution < 1.29 is 8.18 Å². The minimum absolute atomic E-state index is 0.302. The molecule has 0 saturated carbocycles. The fraction of sp³-hybridized carbons (Fsp3) is 0.333. The maximum atomic E-state index is 8.79. The van der Waals surface area contributed by atoms with E-state index in [2.05, 4.69) is 60.7 Å². The van der Waals surface area contributed by atoms with Gasteiger partial charge in [0.2, 0.25) is 0 Å². The molecule has 0 amide bonds. The summed E-state index contributed by atoms with van der Waals surface area (Å²) in [5.41, 5.74) is 0. The Labute approximate surface area is 135 Å². The molecule has 21 heavy (non-hydrogen) atoms. The van der Waals surface area contributed by atoms with Crippen LogP contribution >= 0.6 is 0 Å². The number of rotatable bonds is 9. The van der Waals surface area contributed by atoms with Crippen LogP contribution in [0.2, 0.25) is 0 Å². The van der Waals surface area contributed by atoms with E-state index in [1.807, 2.05) is 0 Å². The molecule has 0 unspecified atom stereocenters. The van der Waals surface area contributed by atoms with Gasteiger partial charge in [0.1, 0.15) is 0 Å². The molecule has 0 aliphatic rings. The first-order valence-electron chi connectivity index (χ1n) is 7.74. The fourth-order valence-corrected chi connectivity index (χ4v) is 9.02. The Morgan fingerprint density at radius 2 is 1.24 bits per heavy atom. The van der Waals surface area contributed by atoms with Gasteiger partial charge in [-0.1, -0.05) is 0 Å². The average Bonchev–Trinajstić information content (AvgIpc) is 2.56. The zero-order chi connectivity index (χ0) is 14.8. The molecule has 0 aliphatic heterocycles. The van der Waals surface area contributed by atoms with Gasteiger partial charge in [-0.15, -0.1) is 0 Å². The molecule has 0 spiro atoms. The van der Waals surface area contributed by atoms with E-state index in [9.17, 15) is 0 Å². The zero-order valence-electron chi connectivity index (χ0n) is 12.4. The molecule has 0 atom stereocenters. The van der Waals surface area contributed by atoms with E-state index < -0.39 is 20.2 Å². The second kappa shape index (κ2) is 9.98. The molecule has 2 rings (SSSR count). The Bertz CT molecular complexity index is 448. The van der Waals surface area contributed by atoms with Crippen LogP contribution in [0, 0.1) is 0 Å². The summed E-state index contributed by atoms with van der Waals surface area (Å²) < 4.78 is 9.15. The zero-order valence-corrected chi connectivity index (χ0v) is 15.7. The van der Waals surface area contributed by atoms with Crippen molar-refractivity contribution in [3.05, 3.63) is 60.7 Å². The Morgan fingerprint density at radius 1 is 0.714 bits per heavy atom. The molecule has 0 bridgehead atoms. The number of benzene rings is 2. The molecule has 0 fully saturated rings. The molecule has 0 heterocycles. The van der Waals surface area contributed by atoms with E-state index >= 15 is 0 Å². The van der Waals surface area contributed by atoms with Crippen molar-refractivity contribution in [3.63, 3.8) is 0 Å². The standard InChI is InChI=1S/C6H13O2.2C6H5.Sn.H/c7-5-3-1-2-4-6-8;2*1-2-4-6-5-3-1;;/h7H,1-6H2;2*1-5H;;/q-1;;;+1;. The summed E-state index contributed by atoms with van der Waals surface area (Å²) in [6.07, 6.45) is 4.23. The molecular weight excluding hydrogens is 367 g/mol. The molecular formula is C18H24O2Sn. The number of aliphatic hydroxyl groups excluding tert-OH is 1. The van der Waals surface area contributed by atoms with E-state index in [1.54, 1.807) is 0 Å². The van der Waals surface area contributed by atoms with Gasteiger partial charge in [-0.2, -0.15) is 0 Å². The molecule has 0 saturated heterocycles. The van der Waals surface area contributed by atoms with Crippen LogP contribution in [0.3, 0.4) is 0 Å². The quantitative estimate of drug-likeness (QED) is 0.524. The normalized spacial score (nSPS) is 11.0. The van der Waals surface area contributed by atoms with E-state index in [0.717, 1.165) is 32.3 Å². The Kier molecular flexibility index (Phi) is 7.86. The average molecular weight is 391 g/mol. The van der Waals surface area contributed by atoms with E-state index in [1.165, 1.54) is 7.16 Å². The first kappa shape index (κ1) is 16.5. The first-order valence-corrected chi connectivity index (χ1v) is 12.4. The van der Waals surface area contributed by atoms with Crippen LogP contribution in [0.15, 0.2) is 60.7 Å². The van der Waals surface area contributed by atoms with Gasteiger partial charge in [0.05, 0.1) is 0 Å². The van der Waals surface area contributed by atoms with Gasteiger partial charge in [-0.3, -0.25) is 0 Å². The molecule has 3 heteroatoms. The van der Waals surface area contributed by atoms with E-state index in [-0.39, 0.29) is 0 Å². The molecule has 0 aliphatic carbocycles. The maximum absolute atomic E-state index is 8.79. The number of aliphatic hydroxyl groups is 1. The van der Waals surface area contributed by atoms with Crippen molar-refractivity contribution >= 4 is 27.3 Å². The van der Waals surface area contributed by atoms with Crippen LogP contribution in [0.5, 0.6) is 0 Å². The topological polar surface area (TPSA) is 29.5 Å². The predicted molar refractivity (Wildman–Crippen MR) is 90.8 cm³/mol. The summed E-state index contributed by atoms with van der Waals surface area (Å²) in [6.45, 7) is 1.15. The van der Waals surface area contributed by atoms with Gasteiger partial charge in [-0.05, 0) is 0 Å².